The second-order valence-corrected chi connectivity index (χ2v) is 6.14. The Hall–Kier alpha value is -2.29. The predicted octanol–water partition coefficient (Wildman–Crippen LogP) is 5.02. The lowest BCUT2D eigenvalue weighted by molar-refractivity contribution is 0.152. The number of hydrogen-bond acceptors (Lipinski definition) is 3. The molecular weight excluding hydrogens is 276 g/mol. The normalized spacial score (nSPS) is 17.1. The number of carbonyl (C=O) groups excluding carboxylic acids is 1. The molecule has 4 rings (SSSR count). The fourth-order valence-corrected chi connectivity index (χ4v) is 2.66. The highest BCUT2D eigenvalue weighted by Crippen LogP contribution is 2.41. The van der Waals surface area contributed by atoms with E-state index in [4.69, 9.17) is 9.47 Å². The molecule has 0 aliphatic heterocycles. The molecule has 0 amide bonds. The van der Waals surface area contributed by atoms with Crippen LogP contribution in [0.2, 0.25) is 0 Å². The van der Waals surface area contributed by atoms with Gasteiger partial charge in [-0.3, -0.25) is 0 Å². The molecule has 0 atom stereocenters. The first-order valence-corrected chi connectivity index (χ1v) is 7.87. The van der Waals surface area contributed by atoms with Gasteiger partial charge < -0.3 is 9.47 Å². The molecule has 3 nitrogen and oxygen atoms in total. The number of benzene rings is 2. The van der Waals surface area contributed by atoms with Gasteiger partial charge >= 0.3 is 6.16 Å². The summed E-state index contributed by atoms with van der Waals surface area (Å²) in [7, 11) is 0. The average Bonchev–Trinajstić information content (AvgIpc) is 3.40. The molecule has 0 radical (unpaired) electrons. The van der Waals surface area contributed by atoms with E-state index in [1.165, 1.54) is 36.8 Å². The van der Waals surface area contributed by atoms with E-state index in [1.54, 1.807) is 0 Å². The van der Waals surface area contributed by atoms with Gasteiger partial charge in [0.05, 0.1) is 0 Å². The number of hydrogen-bond donors (Lipinski definition) is 0. The summed E-state index contributed by atoms with van der Waals surface area (Å²) in [6, 6.07) is 15.4. The van der Waals surface area contributed by atoms with Crippen molar-refractivity contribution in [3.8, 4) is 11.5 Å². The summed E-state index contributed by atoms with van der Waals surface area (Å²) >= 11 is 0. The minimum absolute atomic E-state index is 0.518. The number of ether oxygens (including phenoxy) is 2. The first-order chi connectivity index (χ1) is 10.8. The summed E-state index contributed by atoms with van der Waals surface area (Å²) in [5.41, 5.74) is 2.63. The van der Waals surface area contributed by atoms with Gasteiger partial charge in [0.25, 0.3) is 0 Å². The van der Waals surface area contributed by atoms with Crippen LogP contribution in [0.3, 0.4) is 0 Å². The quantitative estimate of drug-likeness (QED) is 0.586. The van der Waals surface area contributed by atoms with Crippen molar-refractivity contribution in [2.75, 3.05) is 0 Å². The zero-order valence-electron chi connectivity index (χ0n) is 12.3. The highest BCUT2D eigenvalue weighted by molar-refractivity contribution is 5.67. The van der Waals surface area contributed by atoms with Crippen LogP contribution in [0.15, 0.2) is 48.5 Å². The topological polar surface area (TPSA) is 35.5 Å². The van der Waals surface area contributed by atoms with Crippen LogP contribution in [0.4, 0.5) is 4.79 Å². The summed E-state index contributed by atoms with van der Waals surface area (Å²) in [5.74, 6) is 2.44. The fraction of sp³-hybridized carbons (Fsp3) is 0.316. The van der Waals surface area contributed by atoms with Gasteiger partial charge in [-0.25, -0.2) is 4.79 Å². The number of rotatable bonds is 4. The van der Waals surface area contributed by atoms with E-state index in [2.05, 4.69) is 0 Å². The highest BCUT2D eigenvalue weighted by Gasteiger charge is 2.24. The summed E-state index contributed by atoms with van der Waals surface area (Å²) in [5, 5.41) is 0. The molecule has 2 aliphatic rings. The predicted molar refractivity (Wildman–Crippen MR) is 83.5 cm³/mol. The first kappa shape index (κ1) is 13.4. The standard InChI is InChI=1S/C19H18O3/c20-19(21-17-9-5-15(6-10-17)13-1-2-13)22-18-11-7-16(8-12-18)14-3-4-14/h5-14H,1-4H2. The minimum Gasteiger partial charge on any atom is -0.395 e. The largest absolute Gasteiger partial charge is 0.519 e. The monoisotopic (exact) mass is 294 g/mol. The van der Waals surface area contributed by atoms with Crippen LogP contribution in [0.25, 0.3) is 0 Å². The van der Waals surface area contributed by atoms with E-state index in [1.807, 2.05) is 48.5 Å². The van der Waals surface area contributed by atoms with E-state index in [9.17, 15) is 4.79 Å². The molecule has 0 heterocycles. The van der Waals surface area contributed by atoms with Crippen molar-refractivity contribution in [1.29, 1.82) is 0 Å². The smallest absolute Gasteiger partial charge is 0.395 e. The molecule has 2 aliphatic carbocycles. The zero-order chi connectivity index (χ0) is 14.9. The SMILES string of the molecule is O=C(Oc1ccc(C2CC2)cc1)Oc1ccc(C2CC2)cc1. The van der Waals surface area contributed by atoms with E-state index in [-0.39, 0.29) is 0 Å². The third-order valence-corrected chi connectivity index (χ3v) is 4.26. The third kappa shape index (κ3) is 3.14. The van der Waals surface area contributed by atoms with Gasteiger partial charge in [0, 0.05) is 0 Å². The van der Waals surface area contributed by atoms with Gasteiger partial charge in [0.1, 0.15) is 11.5 Å². The van der Waals surface area contributed by atoms with Crippen LogP contribution in [-0.2, 0) is 0 Å². The lowest BCUT2D eigenvalue weighted by Crippen LogP contribution is -2.13. The Labute approximate surface area is 129 Å². The summed E-state index contributed by atoms with van der Waals surface area (Å²) in [4.78, 5) is 11.8. The van der Waals surface area contributed by atoms with Crippen molar-refractivity contribution in [2.24, 2.45) is 0 Å². The van der Waals surface area contributed by atoms with Crippen molar-refractivity contribution < 1.29 is 14.3 Å². The van der Waals surface area contributed by atoms with E-state index in [0.29, 0.717) is 23.3 Å². The van der Waals surface area contributed by atoms with E-state index < -0.39 is 6.16 Å². The van der Waals surface area contributed by atoms with Crippen LogP contribution in [-0.4, -0.2) is 6.16 Å². The molecule has 0 aromatic heterocycles. The van der Waals surface area contributed by atoms with Crippen molar-refractivity contribution >= 4 is 6.16 Å². The lowest BCUT2D eigenvalue weighted by Gasteiger charge is -2.07. The van der Waals surface area contributed by atoms with Crippen LogP contribution in [0.5, 0.6) is 11.5 Å². The van der Waals surface area contributed by atoms with Gasteiger partial charge in [0.2, 0.25) is 0 Å². The van der Waals surface area contributed by atoms with Crippen LogP contribution in [0.1, 0.15) is 48.6 Å². The first-order valence-electron chi connectivity index (χ1n) is 7.87. The Bertz CT molecular complexity index is 605. The van der Waals surface area contributed by atoms with Crippen molar-refractivity contribution in [3.05, 3.63) is 59.7 Å². The fourth-order valence-electron chi connectivity index (χ4n) is 2.66. The molecule has 0 saturated heterocycles. The van der Waals surface area contributed by atoms with Gasteiger partial charge in [-0.15, -0.1) is 0 Å². The number of carbonyl (C=O) groups is 1. The molecular formula is C19H18O3. The summed E-state index contributed by atoms with van der Waals surface area (Å²) in [6.07, 6.45) is 4.36. The highest BCUT2D eigenvalue weighted by atomic mass is 16.7. The molecule has 22 heavy (non-hydrogen) atoms. The average molecular weight is 294 g/mol. The van der Waals surface area contributed by atoms with Crippen LogP contribution in [0, 0.1) is 0 Å². The zero-order valence-corrected chi connectivity index (χ0v) is 12.3. The van der Waals surface area contributed by atoms with Crippen molar-refractivity contribution in [3.63, 3.8) is 0 Å². The van der Waals surface area contributed by atoms with Gasteiger partial charge in [0.15, 0.2) is 0 Å². The second kappa shape index (κ2) is 5.48. The Kier molecular flexibility index (Phi) is 3.34. The molecule has 2 aromatic rings. The van der Waals surface area contributed by atoms with Gasteiger partial charge in [-0.05, 0) is 72.9 Å². The summed E-state index contributed by atoms with van der Waals surface area (Å²) in [6.45, 7) is 0. The van der Waals surface area contributed by atoms with Crippen LogP contribution < -0.4 is 9.47 Å². The third-order valence-electron chi connectivity index (χ3n) is 4.26. The molecule has 0 unspecified atom stereocenters. The Morgan fingerprint density at radius 1 is 0.682 bits per heavy atom. The molecule has 0 N–H and O–H groups in total. The molecule has 0 spiro atoms. The molecule has 2 aromatic carbocycles. The maximum Gasteiger partial charge on any atom is 0.519 e. The Morgan fingerprint density at radius 2 is 1.05 bits per heavy atom. The summed E-state index contributed by atoms with van der Waals surface area (Å²) < 4.78 is 10.4. The maximum atomic E-state index is 11.8. The molecule has 0 bridgehead atoms. The molecule has 2 saturated carbocycles. The maximum absolute atomic E-state index is 11.8. The molecule has 3 heteroatoms. The molecule has 2 fully saturated rings. The van der Waals surface area contributed by atoms with Gasteiger partial charge in [-0.2, -0.15) is 0 Å². The van der Waals surface area contributed by atoms with Crippen molar-refractivity contribution in [1.82, 2.24) is 0 Å². The van der Waals surface area contributed by atoms with Crippen LogP contribution >= 0.6 is 0 Å². The van der Waals surface area contributed by atoms with Gasteiger partial charge in [-0.1, -0.05) is 24.3 Å². The Balaban J connectivity index is 1.34. The Morgan fingerprint density at radius 3 is 1.36 bits per heavy atom. The second-order valence-electron chi connectivity index (χ2n) is 6.14. The van der Waals surface area contributed by atoms with E-state index in [0.717, 1.165) is 0 Å². The molecule has 112 valence electrons. The lowest BCUT2D eigenvalue weighted by atomic mass is 10.1. The minimum atomic E-state index is -0.696. The van der Waals surface area contributed by atoms with Crippen molar-refractivity contribution in [2.45, 2.75) is 37.5 Å². The van der Waals surface area contributed by atoms with E-state index >= 15 is 0 Å².